The van der Waals surface area contributed by atoms with E-state index in [1.807, 2.05) is 44.2 Å². The SMILES string of the molecule is CC(C)=CC(=O)c1ccc2cccnc2c1. The number of rotatable bonds is 2. The van der Waals surface area contributed by atoms with Crippen molar-refractivity contribution in [1.29, 1.82) is 0 Å². The summed E-state index contributed by atoms with van der Waals surface area (Å²) in [5.41, 5.74) is 2.55. The number of aromatic nitrogens is 1. The maximum Gasteiger partial charge on any atom is 0.185 e. The van der Waals surface area contributed by atoms with Crippen LogP contribution in [0.4, 0.5) is 0 Å². The van der Waals surface area contributed by atoms with Gasteiger partial charge in [-0.3, -0.25) is 9.78 Å². The van der Waals surface area contributed by atoms with Crippen LogP contribution >= 0.6 is 0 Å². The minimum Gasteiger partial charge on any atom is -0.289 e. The molecule has 0 saturated heterocycles. The van der Waals surface area contributed by atoms with Gasteiger partial charge in [0.1, 0.15) is 0 Å². The molecule has 0 bridgehead atoms. The van der Waals surface area contributed by atoms with Crippen molar-refractivity contribution >= 4 is 16.7 Å². The summed E-state index contributed by atoms with van der Waals surface area (Å²) in [7, 11) is 0. The molecule has 0 atom stereocenters. The van der Waals surface area contributed by atoms with Crippen LogP contribution in [0.1, 0.15) is 24.2 Å². The van der Waals surface area contributed by atoms with Crippen LogP contribution in [0.25, 0.3) is 10.9 Å². The highest BCUT2D eigenvalue weighted by atomic mass is 16.1. The number of fused-ring (bicyclic) bond motifs is 1. The fourth-order valence-electron chi connectivity index (χ4n) is 1.57. The molecule has 2 rings (SSSR count). The van der Waals surface area contributed by atoms with Gasteiger partial charge in [-0.1, -0.05) is 23.8 Å². The van der Waals surface area contributed by atoms with Crippen LogP contribution in [-0.2, 0) is 0 Å². The third kappa shape index (κ3) is 2.16. The highest BCUT2D eigenvalue weighted by Gasteiger charge is 2.03. The predicted molar refractivity (Wildman–Crippen MR) is 65.5 cm³/mol. The van der Waals surface area contributed by atoms with Gasteiger partial charge in [0.25, 0.3) is 0 Å². The second kappa shape index (κ2) is 4.27. The number of allylic oxidation sites excluding steroid dienone is 2. The largest absolute Gasteiger partial charge is 0.289 e. The summed E-state index contributed by atoms with van der Waals surface area (Å²) in [6, 6.07) is 9.47. The number of hydrogen-bond donors (Lipinski definition) is 0. The van der Waals surface area contributed by atoms with Gasteiger partial charge in [-0.15, -0.1) is 0 Å². The number of carbonyl (C=O) groups is 1. The van der Waals surface area contributed by atoms with E-state index in [1.165, 1.54) is 0 Å². The lowest BCUT2D eigenvalue weighted by atomic mass is 10.1. The third-order valence-electron chi connectivity index (χ3n) is 2.31. The van der Waals surface area contributed by atoms with Crippen LogP contribution in [-0.4, -0.2) is 10.8 Å². The first kappa shape index (κ1) is 10.6. The molecule has 0 radical (unpaired) electrons. The number of nitrogens with zero attached hydrogens (tertiary/aromatic N) is 1. The lowest BCUT2D eigenvalue weighted by molar-refractivity contribution is 0.104. The van der Waals surface area contributed by atoms with Crippen molar-refractivity contribution in [2.45, 2.75) is 13.8 Å². The molecule has 80 valence electrons. The van der Waals surface area contributed by atoms with Crippen molar-refractivity contribution in [2.75, 3.05) is 0 Å². The molecule has 2 nitrogen and oxygen atoms in total. The summed E-state index contributed by atoms with van der Waals surface area (Å²) >= 11 is 0. The Kier molecular flexibility index (Phi) is 2.82. The van der Waals surface area contributed by atoms with Gasteiger partial charge < -0.3 is 0 Å². The molecule has 0 aliphatic carbocycles. The number of carbonyl (C=O) groups excluding carboxylic acids is 1. The number of ketones is 1. The van der Waals surface area contributed by atoms with Crippen molar-refractivity contribution in [3.8, 4) is 0 Å². The molecule has 0 saturated carbocycles. The van der Waals surface area contributed by atoms with Crippen molar-refractivity contribution < 1.29 is 4.79 Å². The molecule has 0 fully saturated rings. The van der Waals surface area contributed by atoms with Crippen LogP contribution in [0.5, 0.6) is 0 Å². The maximum absolute atomic E-state index is 11.8. The van der Waals surface area contributed by atoms with Crippen molar-refractivity contribution in [3.05, 3.63) is 53.7 Å². The Morgan fingerprint density at radius 3 is 2.81 bits per heavy atom. The fraction of sp³-hybridized carbons (Fsp3) is 0.143. The van der Waals surface area contributed by atoms with Crippen LogP contribution in [0.3, 0.4) is 0 Å². The zero-order chi connectivity index (χ0) is 11.5. The van der Waals surface area contributed by atoms with Gasteiger partial charge >= 0.3 is 0 Å². The van der Waals surface area contributed by atoms with Gasteiger partial charge in [0.2, 0.25) is 0 Å². The molecule has 2 aromatic rings. The zero-order valence-electron chi connectivity index (χ0n) is 9.40. The molecule has 16 heavy (non-hydrogen) atoms. The Morgan fingerprint density at radius 2 is 2.06 bits per heavy atom. The smallest absolute Gasteiger partial charge is 0.185 e. The second-order valence-corrected chi connectivity index (χ2v) is 4.00. The predicted octanol–water partition coefficient (Wildman–Crippen LogP) is 3.38. The Morgan fingerprint density at radius 1 is 1.25 bits per heavy atom. The molecule has 0 spiro atoms. The van der Waals surface area contributed by atoms with E-state index < -0.39 is 0 Å². The summed E-state index contributed by atoms with van der Waals surface area (Å²) in [6.45, 7) is 3.83. The molecule has 2 heteroatoms. The van der Waals surface area contributed by atoms with Gasteiger partial charge in [-0.05, 0) is 32.1 Å². The van der Waals surface area contributed by atoms with E-state index in [9.17, 15) is 4.79 Å². The summed E-state index contributed by atoms with van der Waals surface area (Å²) in [5, 5.41) is 1.05. The summed E-state index contributed by atoms with van der Waals surface area (Å²) in [5.74, 6) is 0.0348. The van der Waals surface area contributed by atoms with Gasteiger partial charge in [-0.2, -0.15) is 0 Å². The molecule has 1 aromatic heterocycles. The Hall–Kier alpha value is -1.96. The molecule has 0 unspecified atom stereocenters. The average Bonchev–Trinajstić information content (AvgIpc) is 2.27. The first-order valence-electron chi connectivity index (χ1n) is 5.21. The van der Waals surface area contributed by atoms with E-state index in [0.717, 1.165) is 16.5 Å². The van der Waals surface area contributed by atoms with E-state index in [4.69, 9.17) is 0 Å². The van der Waals surface area contributed by atoms with E-state index >= 15 is 0 Å². The van der Waals surface area contributed by atoms with Crippen molar-refractivity contribution in [3.63, 3.8) is 0 Å². The molecular formula is C14H13NO. The standard InChI is InChI=1S/C14H13NO/c1-10(2)8-14(16)12-6-5-11-4-3-7-15-13(11)9-12/h3-9H,1-2H3. The molecule has 1 aromatic carbocycles. The highest BCUT2D eigenvalue weighted by molar-refractivity contribution is 6.06. The highest BCUT2D eigenvalue weighted by Crippen LogP contribution is 2.14. The van der Waals surface area contributed by atoms with Gasteiger partial charge in [0.15, 0.2) is 5.78 Å². The van der Waals surface area contributed by atoms with Crippen molar-refractivity contribution in [1.82, 2.24) is 4.98 Å². The average molecular weight is 211 g/mol. The normalized spacial score (nSPS) is 10.1. The molecule has 1 heterocycles. The molecular weight excluding hydrogens is 198 g/mol. The van der Waals surface area contributed by atoms with Crippen LogP contribution in [0.15, 0.2) is 48.2 Å². The van der Waals surface area contributed by atoms with Gasteiger partial charge in [0.05, 0.1) is 5.52 Å². The van der Waals surface area contributed by atoms with E-state index in [0.29, 0.717) is 5.56 Å². The molecule has 0 amide bonds. The van der Waals surface area contributed by atoms with Gasteiger partial charge in [0, 0.05) is 17.1 Å². The van der Waals surface area contributed by atoms with Crippen molar-refractivity contribution in [2.24, 2.45) is 0 Å². The van der Waals surface area contributed by atoms with Crippen LogP contribution in [0.2, 0.25) is 0 Å². The van der Waals surface area contributed by atoms with E-state index in [1.54, 1.807) is 12.3 Å². The topological polar surface area (TPSA) is 30.0 Å². The first-order chi connectivity index (χ1) is 7.66. The Balaban J connectivity index is 2.47. The number of pyridine rings is 1. The third-order valence-corrected chi connectivity index (χ3v) is 2.31. The van der Waals surface area contributed by atoms with E-state index in [2.05, 4.69) is 4.98 Å². The molecule has 0 aliphatic heterocycles. The second-order valence-electron chi connectivity index (χ2n) is 4.00. The number of benzene rings is 1. The fourth-order valence-corrected chi connectivity index (χ4v) is 1.57. The maximum atomic E-state index is 11.8. The summed E-state index contributed by atoms with van der Waals surface area (Å²) in [4.78, 5) is 16.0. The quantitative estimate of drug-likeness (QED) is 0.563. The molecule has 0 aliphatic rings. The summed E-state index contributed by atoms with van der Waals surface area (Å²) < 4.78 is 0. The first-order valence-corrected chi connectivity index (χ1v) is 5.21. The Labute approximate surface area is 94.6 Å². The number of hydrogen-bond acceptors (Lipinski definition) is 2. The Bertz CT molecular complexity index is 566. The zero-order valence-corrected chi connectivity index (χ0v) is 9.40. The monoisotopic (exact) mass is 211 g/mol. The van der Waals surface area contributed by atoms with E-state index in [-0.39, 0.29) is 5.78 Å². The van der Waals surface area contributed by atoms with Gasteiger partial charge in [-0.25, -0.2) is 0 Å². The lowest BCUT2D eigenvalue weighted by Gasteiger charge is -1.99. The minimum atomic E-state index is 0.0348. The van der Waals surface area contributed by atoms with Crippen LogP contribution in [0, 0.1) is 0 Å². The lowest BCUT2D eigenvalue weighted by Crippen LogP contribution is -1.95. The summed E-state index contributed by atoms with van der Waals surface area (Å²) in [6.07, 6.45) is 3.38. The molecule has 0 N–H and O–H groups in total. The minimum absolute atomic E-state index is 0.0348. The van der Waals surface area contributed by atoms with Crippen LogP contribution < -0.4 is 0 Å².